The van der Waals surface area contributed by atoms with Crippen molar-refractivity contribution in [2.24, 2.45) is 0 Å². The van der Waals surface area contributed by atoms with Crippen molar-refractivity contribution in [2.75, 3.05) is 7.11 Å². The standard InChI is InChI=1S/C25H40O3/c1-3-4-5-6-7-8-9-10-11-19-25(26)28-24-18-13-12-17-23(24)21-15-14-16-22(20-21)27-2/h14-16,20,23-24H,3-13,17-19H2,1-2H3. The van der Waals surface area contributed by atoms with Crippen LogP contribution in [0.15, 0.2) is 24.3 Å². The van der Waals surface area contributed by atoms with E-state index in [-0.39, 0.29) is 12.1 Å². The summed E-state index contributed by atoms with van der Waals surface area (Å²) in [5.41, 5.74) is 1.24. The molecule has 0 radical (unpaired) electrons. The van der Waals surface area contributed by atoms with Gasteiger partial charge in [-0.05, 0) is 43.4 Å². The Balaban J connectivity index is 1.68. The van der Waals surface area contributed by atoms with E-state index in [1.54, 1.807) is 7.11 Å². The normalized spacial score (nSPS) is 19.4. The van der Waals surface area contributed by atoms with Gasteiger partial charge in [-0.2, -0.15) is 0 Å². The third kappa shape index (κ3) is 8.24. The third-order valence-electron chi connectivity index (χ3n) is 5.99. The molecule has 0 spiro atoms. The molecule has 1 fully saturated rings. The summed E-state index contributed by atoms with van der Waals surface area (Å²) in [5, 5.41) is 0. The first-order chi connectivity index (χ1) is 13.7. The smallest absolute Gasteiger partial charge is 0.306 e. The van der Waals surface area contributed by atoms with Crippen molar-refractivity contribution in [2.45, 2.75) is 109 Å². The minimum atomic E-state index is -0.0114. The van der Waals surface area contributed by atoms with Crippen molar-refractivity contribution < 1.29 is 14.3 Å². The van der Waals surface area contributed by atoms with E-state index < -0.39 is 0 Å². The summed E-state index contributed by atoms with van der Waals surface area (Å²) < 4.78 is 11.3. The van der Waals surface area contributed by atoms with E-state index in [1.165, 1.54) is 56.9 Å². The lowest BCUT2D eigenvalue weighted by molar-refractivity contribution is -0.151. The predicted molar refractivity (Wildman–Crippen MR) is 116 cm³/mol. The summed E-state index contributed by atoms with van der Waals surface area (Å²) in [6.45, 7) is 2.26. The zero-order valence-electron chi connectivity index (χ0n) is 18.1. The third-order valence-corrected chi connectivity index (χ3v) is 5.99. The molecule has 0 bridgehead atoms. The number of carbonyl (C=O) groups is 1. The van der Waals surface area contributed by atoms with Gasteiger partial charge in [0.05, 0.1) is 7.11 Å². The summed E-state index contributed by atoms with van der Waals surface area (Å²) >= 11 is 0. The molecule has 2 unspecified atom stereocenters. The Morgan fingerprint density at radius 3 is 2.36 bits per heavy atom. The molecule has 0 heterocycles. The van der Waals surface area contributed by atoms with Gasteiger partial charge in [0.25, 0.3) is 0 Å². The van der Waals surface area contributed by atoms with Gasteiger partial charge in [-0.15, -0.1) is 0 Å². The highest BCUT2D eigenvalue weighted by Crippen LogP contribution is 2.36. The topological polar surface area (TPSA) is 35.5 Å². The van der Waals surface area contributed by atoms with E-state index in [0.29, 0.717) is 12.3 Å². The maximum atomic E-state index is 12.4. The van der Waals surface area contributed by atoms with Gasteiger partial charge < -0.3 is 9.47 Å². The molecule has 2 rings (SSSR count). The van der Waals surface area contributed by atoms with E-state index in [9.17, 15) is 4.79 Å². The lowest BCUT2D eigenvalue weighted by Crippen LogP contribution is -2.28. The summed E-state index contributed by atoms with van der Waals surface area (Å²) in [6, 6.07) is 8.23. The van der Waals surface area contributed by atoms with Gasteiger partial charge in [-0.1, -0.05) is 76.8 Å². The zero-order valence-corrected chi connectivity index (χ0v) is 18.1. The number of hydrogen-bond acceptors (Lipinski definition) is 3. The SMILES string of the molecule is CCCCCCCCCCCC(=O)OC1CCCCC1c1cccc(OC)c1. The van der Waals surface area contributed by atoms with E-state index in [4.69, 9.17) is 9.47 Å². The summed E-state index contributed by atoms with van der Waals surface area (Å²) in [5.74, 6) is 1.17. The number of benzene rings is 1. The first-order valence-electron chi connectivity index (χ1n) is 11.6. The molecule has 0 aromatic heterocycles. The highest BCUT2D eigenvalue weighted by molar-refractivity contribution is 5.69. The van der Waals surface area contributed by atoms with Crippen molar-refractivity contribution in [1.82, 2.24) is 0 Å². The monoisotopic (exact) mass is 388 g/mol. The highest BCUT2D eigenvalue weighted by Gasteiger charge is 2.29. The van der Waals surface area contributed by atoms with Crippen molar-refractivity contribution in [3.05, 3.63) is 29.8 Å². The molecule has 1 saturated carbocycles. The molecule has 1 aliphatic carbocycles. The fraction of sp³-hybridized carbons (Fsp3) is 0.720. The van der Waals surface area contributed by atoms with Crippen LogP contribution in [0.1, 0.15) is 108 Å². The van der Waals surface area contributed by atoms with Crippen LogP contribution in [0.2, 0.25) is 0 Å². The molecule has 3 nitrogen and oxygen atoms in total. The number of ether oxygens (including phenoxy) is 2. The molecular weight excluding hydrogens is 348 g/mol. The second kappa shape index (κ2) is 13.6. The second-order valence-electron chi connectivity index (χ2n) is 8.27. The summed E-state index contributed by atoms with van der Waals surface area (Å²) in [6.07, 6.45) is 16.4. The molecule has 2 atom stereocenters. The average Bonchev–Trinajstić information content (AvgIpc) is 2.73. The van der Waals surface area contributed by atoms with Crippen LogP contribution in [0.25, 0.3) is 0 Å². The Hall–Kier alpha value is -1.51. The lowest BCUT2D eigenvalue weighted by atomic mass is 9.81. The van der Waals surface area contributed by atoms with Gasteiger partial charge in [0.1, 0.15) is 11.9 Å². The molecule has 28 heavy (non-hydrogen) atoms. The summed E-state index contributed by atoms with van der Waals surface area (Å²) in [7, 11) is 1.70. The van der Waals surface area contributed by atoms with Gasteiger partial charge in [0, 0.05) is 12.3 Å². The predicted octanol–water partition coefficient (Wildman–Crippen LogP) is 7.19. The minimum absolute atomic E-state index is 0.0114. The van der Waals surface area contributed by atoms with E-state index in [0.717, 1.165) is 37.9 Å². The molecule has 1 aliphatic rings. The molecule has 0 aliphatic heterocycles. The Bertz CT molecular complexity index is 554. The zero-order chi connectivity index (χ0) is 20.0. The van der Waals surface area contributed by atoms with Crippen LogP contribution in [0, 0.1) is 0 Å². The number of rotatable bonds is 13. The first-order valence-corrected chi connectivity index (χ1v) is 11.6. The van der Waals surface area contributed by atoms with E-state index >= 15 is 0 Å². The number of unbranched alkanes of at least 4 members (excludes halogenated alkanes) is 8. The van der Waals surface area contributed by atoms with Crippen molar-refractivity contribution in [3.8, 4) is 5.75 Å². The summed E-state index contributed by atoms with van der Waals surface area (Å²) in [4.78, 5) is 12.4. The molecule has 0 N–H and O–H groups in total. The fourth-order valence-electron chi connectivity index (χ4n) is 4.30. The Morgan fingerprint density at radius 2 is 1.64 bits per heavy atom. The van der Waals surface area contributed by atoms with Crippen LogP contribution in [0.4, 0.5) is 0 Å². The van der Waals surface area contributed by atoms with Crippen LogP contribution in [0.3, 0.4) is 0 Å². The molecule has 3 heteroatoms. The van der Waals surface area contributed by atoms with E-state index in [2.05, 4.69) is 19.1 Å². The number of methoxy groups -OCH3 is 1. The van der Waals surface area contributed by atoms with Gasteiger partial charge in [-0.3, -0.25) is 4.79 Å². The Morgan fingerprint density at radius 1 is 0.964 bits per heavy atom. The molecule has 1 aromatic carbocycles. The largest absolute Gasteiger partial charge is 0.497 e. The van der Waals surface area contributed by atoms with Crippen LogP contribution in [-0.4, -0.2) is 19.2 Å². The molecule has 1 aromatic rings. The van der Waals surface area contributed by atoms with Crippen LogP contribution in [-0.2, 0) is 9.53 Å². The van der Waals surface area contributed by atoms with Gasteiger partial charge in [0.15, 0.2) is 0 Å². The van der Waals surface area contributed by atoms with Crippen molar-refractivity contribution in [3.63, 3.8) is 0 Å². The maximum Gasteiger partial charge on any atom is 0.306 e. The van der Waals surface area contributed by atoms with Crippen molar-refractivity contribution >= 4 is 5.97 Å². The quantitative estimate of drug-likeness (QED) is 0.265. The number of esters is 1. The average molecular weight is 389 g/mol. The van der Waals surface area contributed by atoms with Crippen molar-refractivity contribution in [1.29, 1.82) is 0 Å². The highest BCUT2D eigenvalue weighted by atomic mass is 16.5. The van der Waals surface area contributed by atoms with Crippen LogP contribution in [0.5, 0.6) is 5.75 Å². The van der Waals surface area contributed by atoms with Gasteiger partial charge in [0.2, 0.25) is 0 Å². The fourth-order valence-corrected chi connectivity index (χ4v) is 4.30. The Labute approximate surface area is 172 Å². The molecule has 0 amide bonds. The molecule has 0 saturated heterocycles. The second-order valence-corrected chi connectivity index (χ2v) is 8.27. The maximum absolute atomic E-state index is 12.4. The minimum Gasteiger partial charge on any atom is -0.497 e. The molecule has 158 valence electrons. The number of carbonyl (C=O) groups excluding carboxylic acids is 1. The Kier molecular flexibility index (Phi) is 11.1. The molecular formula is C25H40O3. The van der Waals surface area contributed by atoms with Crippen LogP contribution >= 0.6 is 0 Å². The van der Waals surface area contributed by atoms with Crippen LogP contribution < -0.4 is 4.74 Å². The van der Waals surface area contributed by atoms with Gasteiger partial charge >= 0.3 is 5.97 Å². The van der Waals surface area contributed by atoms with E-state index in [1.807, 2.05) is 12.1 Å². The number of hydrogen-bond donors (Lipinski definition) is 0. The lowest BCUT2D eigenvalue weighted by Gasteiger charge is -2.31. The first kappa shape index (κ1) is 22.8. The van der Waals surface area contributed by atoms with Gasteiger partial charge in [-0.25, -0.2) is 0 Å².